The molecule has 7 nitrogen and oxygen atoms in total. The third kappa shape index (κ3) is 4.88. The smallest absolute Gasteiger partial charge is 0.244 e. The van der Waals surface area contributed by atoms with Gasteiger partial charge in [0.15, 0.2) is 17.1 Å². The monoisotopic (exact) mass is 380 g/mol. The summed E-state index contributed by atoms with van der Waals surface area (Å²) in [6, 6.07) is 11.3. The van der Waals surface area contributed by atoms with Crippen LogP contribution in [0, 0.1) is 0 Å². The van der Waals surface area contributed by atoms with E-state index in [4.69, 9.17) is 9.47 Å². The molecule has 0 unspecified atom stereocenters. The fourth-order valence-corrected chi connectivity index (χ4v) is 2.76. The molecule has 146 valence electrons. The third-order valence-electron chi connectivity index (χ3n) is 4.03. The van der Waals surface area contributed by atoms with E-state index in [0.717, 1.165) is 17.0 Å². The van der Waals surface area contributed by atoms with Crippen LogP contribution >= 0.6 is 0 Å². The number of hydrogen-bond acceptors (Lipinski definition) is 5. The minimum absolute atomic E-state index is 0.166. The highest BCUT2D eigenvalue weighted by Gasteiger charge is 2.06. The number of aromatic nitrogens is 3. The van der Waals surface area contributed by atoms with Gasteiger partial charge in [-0.2, -0.15) is 0 Å². The number of rotatable bonds is 9. The van der Waals surface area contributed by atoms with Crippen molar-refractivity contribution in [2.45, 2.75) is 20.3 Å². The molecule has 1 N–H and O–H groups in total. The van der Waals surface area contributed by atoms with E-state index in [-0.39, 0.29) is 5.91 Å². The molecule has 0 aliphatic carbocycles. The number of carbonyl (C=O) groups is 1. The molecule has 2 heterocycles. The van der Waals surface area contributed by atoms with Crippen molar-refractivity contribution in [3.63, 3.8) is 0 Å². The predicted molar refractivity (Wildman–Crippen MR) is 108 cm³/mol. The summed E-state index contributed by atoms with van der Waals surface area (Å²) in [5.74, 6) is 2.02. The lowest BCUT2D eigenvalue weighted by Gasteiger charge is -2.11. The molecule has 1 aromatic carbocycles. The predicted octanol–water partition coefficient (Wildman–Crippen LogP) is 2.90. The molecule has 0 bridgehead atoms. The van der Waals surface area contributed by atoms with Gasteiger partial charge in [0, 0.05) is 25.2 Å². The summed E-state index contributed by atoms with van der Waals surface area (Å²) in [7, 11) is 0. The van der Waals surface area contributed by atoms with Crippen molar-refractivity contribution in [1.82, 2.24) is 19.9 Å². The molecule has 0 aliphatic rings. The van der Waals surface area contributed by atoms with Crippen molar-refractivity contribution >= 4 is 17.6 Å². The maximum Gasteiger partial charge on any atom is 0.244 e. The van der Waals surface area contributed by atoms with Crippen molar-refractivity contribution in [3.8, 4) is 11.5 Å². The summed E-state index contributed by atoms with van der Waals surface area (Å²) in [5, 5.41) is 11.1. The van der Waals surface area contributed by atoms with Gasteiger partial charge in [0.1, 0.15) is 5.82 Å². The number of nitrogens with one attached hydrogen (secondary N) is 1. The summed E-state index contributed by atoms with van der Waals surface area (Å²) in [5.41, 5.74) is 1.66. The van der Waals surface area contributed by atoms with Crippen LogP contribution in [0.15, 0.2) is 48.7 Å². The standard InChI is InChI=1S/C21H24N4O3/c1-3-27-17-10-8-16(15-18(17)28-4-2)9-11-21(26)22-13-12-20-24-23-19-7-5-6-14-25(19)20/h5-11,14-15H,3-4,12-13H2,1-2H3,(H,22,26). The van der Waals surface area contributed by atoms with E-state index in [2.05, 4.69) is 15.5 Å². The van der Waals surface area contributed by atoms with Crippen LogP contribution in [0.4, 0.5) is 0 Å². The molecule has 3 aromatic rings. The first-order chi connectivity index (χ1) is 13.7. The van der Waals surface area contributed by atoms with Gasteiger partial charge in [-0.15, -0.1) is 10.2 Å². The normalized spacial score (nSPS) is 11.1. The van der Waals surface area contributed by atoms with E-state index in [0.29, 0.717) is 37.7 Å². The zero-order valence-corrected chi connectivity index (χ0v) is 16.1. The molecule has 28 heavy (non-hydrogen) atoms. The van der Waals surface area contributed by atoms with E-state index in [1.165, 1.54) is 6.08 Å². The molecule has 0 fully saturated rings. The first kappa shape index (κ1) is 19.4. The average molecular weight is 380 g/mol. The Morgan fingerprint density at radius 2 is 1.93 bits per heavy atom. The zero-order chi connectivity index (χ0) is 19.8. The summed E-state index contributed by atoms with van der Waals surface area (Å²) >= 11 is 0. The van der Waals surface area contributed by atoms with Crippen molar-refractivity contribution in [2.75, 3.05) is 19.8 Å². The van der Waals surface area contributed by atoms with Crippen LogP contribution in [0.25, 0.3) is 11.7 Å². The lowest BCUT2D eigenvalue weighted by Crippen LogP contribution is -2.24. The van der Waals surface area contributed by atoms with Crippen LogP contribution in [0.2, 0.25) is 0 Å². The Hall–Kier alpha value is -3.35. The SMILES string of the molecule is CCOc1ccc(C=CC(=O)NCCc2nnc3ccccn23)cc1OCC. The number of nitrogens with zero attached hydrogens (tertiary/aromatic N) is 3. The topological polar surface area (TPSA) is 77.8 Å². The average Bonchev–Trinajstić information content (AvgIpc) is 3.12. The number of pyridine rings is 1. The van der Waals surface area contributed by atoms with E-state index >= 15 is 0 Å². The third-order valence-corrected chi connectivity index (χ3v) is 4.03. The Morgan fingerprint density at radius 3 is 2.75 bits per heavy atom. The van der Waals surface area contributed by atoms with E-state index in [1.807, 2.05) is 60.8 Å². The van der Waals surface area contributed by atoms with Crippen molar-refractivity contribution in [3.05, 3.63) is 60.1 Å². The Kier molecular flexibility index (Phi) is 6.62. The number of hydrogen-bond donors (Lipinski definition) is 1. The minimum atomic E-state index is -0.166. The van der Waals surface area contributed by atoms with Crippen LogP contribution in [0.3, 0.4) is 0 Å². The van der Waals surface area contributed by atoms with Crippen LogP contribution in [-0.2, 0) is 11.2 Å². The van der Waals surface area contributed by atoms with Crippen LogP contribution < -0.4 is 14.8 Å². The Labute approximate surface area is 164 Å². The second-order valence-corrected chi connectivity index (χ2v) is 5.99. The highest BCUT2D eigenvalue weighted by atomic mass is 16.5. The zero-order valence-electron chi connectivity index (χ0n) is 16.1. The number of benzene rings is 1. The van der Waals surface area contributed by atoms with E-state index in [9.17, 15) is 4.79 Å². The molecule has 0 radical (unpaired) electrons. The fraction of sp³-hybridized carbons (Fsp3) is 0.286. The fourth-order valence-electron chi connectivity index (χ4n) is 2.76. The summed E-state index contributed by atoms with van der Waals surface area (Å²) in [4.78, 5) is 12.1. The van der Waals surface area contributed by atoms with Gasteiger partial charge in [0.05, 0.1) is 13.2 Å². The van der Waals surface area contributed by atoms with Crippen LogP contribution in [0.1, 0.15) is 25.2 Å². The molecule has 2 aromatic heterocycles. The number of carbonyl (C=O) groups excluding carboxylic acids is 1. The minimum Gasteiger partial charge on any atom is -0.490 e. The van der Waals surface area contributed by atoms with Crippen molar-refractivity contribution in [1.29, 1.82) is 0 Å². The van der Waals surface area contributed by atoms with Gasteiger partial charge in [0.2, 0.25) is 5.91 Å². The molecule has 0 aliphatic heterocycles. The number of ether oxygens (including phenoxy) is 2. The van der Waals surface area contributed by atoms with Crippen molar-refractivity contribution < 1.29 is 14.3 Å². The Bertz CT molecular complexity index is 965. The van der Waals surface area contributed by atoms with Gasteiger partial charge in [0.25, 0.3) is 0 Å². The second kappa shape index (κ2) is 9.55. The first-order valence-corrected chi connectivity index (χ1v) is 9.35. The lowest BCUT2D eigenvalue weighted by molar-refractivity contribution is -0.116. The van der Waals surface area contributed by atoms with Gasteiger partial charge in [-0.3, -0.25) is 9.20 Å². The summed E-state index contributed by atoms with van der Waals surface area (Å²) in [6.07, 6.45) is 5.77. The Morgan fingerprint density at radius 1 is 1.11 bits per heavy atom. The molecule has 3 rings (SSSR count). The molecule has 0 atom stereocenters. The lowest BCUT2D eigenvalue weighted by atomic mass is 10.2. The molecule has 7 heteroatoms. The molecule has 1 amide bonds. The van der Waals surface area contributed by atoms with Crippen molar-refractivity contribution in [2.24, 2.45) is 0 Å². The molecule has 0 saturated carbocycles. The second-order valence-electron chi connectivity index (χ2n) is 5.99. The quantitative estimate of drug-likeness (QED) is 0.578. The number of fused-ring (bicyclic) bond motifs is 1. The summed E-state index contributed by atoms with van der Waals surface area (Å²) < 4.78 is 13.1. The molecule has 0 saturated heterocycles. The Balaban J connectivity index is 1.55. The van der Waals surface area contributed by atoms with Gasteiger partial charge in [-0.1, -0.05) is 12.1 Å². The van der Waals surface area contributed by atoms with Gasteiger partial charge in [-0.05, 0) is 49.8 Å². The summed E-state index contributed by atoms with van der Waals surface area (Å²) in [6.45, 7) is 5.44. The van der Waals surface area contributed by atoms with E-state index < -0.39 is 0 Å². The molecule has 0 spiro atoms. The van der Waals surface area contributed by atoms with Crippen LogP contribution in [-0.4, -0.2) is 40.3 Å². The molecular formula is C21H24N4O3. The molecular weight excluding hydrogens is 356 g/mol. The highest BCUT2D eigenvalue weighted by molar-refractivity contribution is 5.91. The first-order valence-electron chi connectivity index (χ1n) is 9.35. The van der Waals surface area contributed by atoms with Crippen LogP contribution in [0.5, 0.6) is 11.5 Å². The maximum atomic E-state index is 12.1. The highest BCUT2D eigenvalue weighted by Crippen LogP contribution is 2.28. The van der Waals surface area contributed by atoms with Gasteiger partial charge in [-0.25, -0.2) is 0 Å². The largest absolute Gasteiger partial charge is 0.490 e. The van der Waals surface area contributed by atoms with Gasteiger partial charge < -0.3 is 14.8 Å². The number of amides is 1. The maximum absolute atomic E-state index is 12.1. The van der Waals surface area contributed by atoms with E-state index in [1.54, 1.807) is 6.08 Å². The van der Waals surface area contributed by atoms with Gasteiger partial charge >= 0.3 is 0 Å².